The van der Waals surface area contributed by atoms with Gasteiger partial charge in [-0.15, -0.1) is 0 Å². The molecule has 0 saturated carbocycles. The smallest absolute Gasteiger partial charge is 0.416 e. The van der Waals surface area contributed by atoms with E-state index in [1.807, 2.05) is 33.8 Å². The van der Waals surface area contributed by atoms with Crippen LogP contribution < -0.4 is 0 Å². The van der Waals surface area contributed by atoms with E-state index in [-0.39, 0.29) is 5.41 Å². The normalized spacial score (nSPS) is 13.5. The number of carbonyl (C=O) groups is 1. The molecule has 2 aromatic heterocycles. The highest BCUT2D eigenvalue weighted by Gasteiger charge is 2.32. The molecule has 1 atom stereocenters. The monoisotopic (exact) mass is 433 g/mol. The molecule has 0 saturated heterocycles. The number of carboxylic acid groups (broad SMARTS) is 1. The predicted octanol–water partition coefficient (Wildman–Crippen LogP) is 5.99. The molecule has 0 aliphatic carbocycles. The molecule has 3 aromatic rings. The van der Waals surface area contributed by atoms with E-state index >= 15 is 0 Å². The van der Waals surface area contributed by atoms with E-state index in [9.17, 15) is 23.1 Å². The molecule has 1 aromatic carbocycles. The Morgan fingerprint density at radius 3 is 2.26 bits per heavy atom. The summed E-state index contributed by atoms with van der Waals surface area (Å²) in [6, 6.07) is 6.57. The molecule has 0 aliphatic rings. The predicted molar refractivity (Wildman–Crippen MR) is 112 cm³/mol. The quantitative estimate of drug-likeness (QED) is 0.537. The maximum Gasteiger partial charge on any atom is 0.416 e. The Morgan fingerprint density at radius 2 is 1.77 bits per heavy atom. The molecule has 1 unspecified atom stereocenters. The number of halogens is 3. The lowest BCUT2D eigenvalue weighted by Crippen LogP contribution is -2.17. The maximum atomic E-state index is 13.1. The van der Waals surface area contributed by atoms with Crippen LogP contribution in [0.15, 0.2) is 30.3 Å². The van der Waals surface area contributed by atoms with Crippen molar-refractivity contribution in [2.45, 2.75) is 65.0 Å². The average molecular weight is 433 g/mol. The highest BCUT2D eigenvalue weighted by atomic mass is 19.4. The summed E-state index contributed by atoms with van der Waals surface area (Å²) in [5.74, 6) is -1.84. The van der Waals surface area contributed by atoms with Crippen molar-refractivity contribution in [1.29, 1.82) is 0 Å². The summed E-state index contributed by atoms with van der Waals surface area (Å²) in [7, 11) is 0. The van der Waals surface area contributed by atoms with Crippen LogP contribution >= 0.6 is 0 Å². The summed E-state index contributed by atoms with van der Waals surface area (Å²) in [6.07, 6.45) is -3.45. The van der Waals surface area contributed by atoms with Gasteiger partial charge in [0.1, 0.15) is 0 Å². The zero-order chi connectivity index (χ0) is 23.1. The van der Waals surface area contributed by atoms with Crippen molar-refractivity contribution in [1.82, 2.24) is 14.6 Å². The minimum atomic E-state index is -4.46. The van der Waals surface area contributed by atoms with E-state index in [0.29, 0.717) is 41.0 Å². The number of nitrogens with zero attached hydrogens (tertiary/aromatic N) is 3. The zero-order valence-corrected chi connectivity index (χ0v) is 18.2. The average Bonchev–Trinajstić information content (AvgIpc) is 3.08. The summed E-state index contributed by atoms with van der Waals surface area (Å²) < 4.78 is 40.8. The lowest BCUT2D eigenvalue weighted by atomic mass is 9.89. The maximum absolute atomic E-state index is 13.1. The van der Waals surface area contributed by atoms with Gasteiger partial charge in [-0.3, -0.25) is 4.79 Å². The Labute approximate surface area is 178 Å². The third-order valence-electron chi connectivity index (χ3n) is 5.31. The first-order valence-electron chi connectivity index (χ1n) is 10.2. The minimum absolute atomic E-state index is 0.283. The summed E-state index contributed by atoms with van der Waals surface area (Å²) in [5.41, 5.74) is 2.17. The van der Waals surface area contributed by atoms with Gasteiger partial charge < -0.3 is 5.11 Å². The van der Waals surface area contributed by atoms with Crippen LogP contribution in [0.4, 0.5) is 13.2 Å². The highest BCUT2D eigenvalue weighted by molar-refractivity contribution is 5.81. The van der Waals surface area contributed by atoms with E-state index < -0.39 is 23.6 Å². The molecular weight excluding hydrogens is 407 g/mol. The molecule has 3 rings (SSSR count). The van der Waals surface area contributed by atoms with Crippen molar-refractivity contribution in [3.8, 4) is 11.3 Å². The van der Waals surface area contributed by atoms with Crippen LogP contribution in [0.1, 0.15) is 69.0 Å². The Bertz CT molecular complexity index is 1110. The van der Waals surface area contributed by atoms with Gasteiger partial charge in [0.25, 0.3) is 0 Å². The second-order valence-electron chi connectivity index (χ2n) is 8.76. The number of alkyl halides is 3. The molecule has 0 fully saturated rings. The second kappa shape index (κ2) is 7.98. The summed E-state index contributed by atoms with van der Waals surface area (Å²) in [4.78, 5) is 16.7. The molecule has 31 heavy (non-hydrogen) atoms. The highest BCUT2D eigenvalue weighted by Crippen LogP contribution is 2.37. The molecular formula is C23H26F3N3O2. The van der Waals surface area contributed by atoms with Crippen LogP contribution in [-0.4, -0.2) is 25.7 Å². The second-order valence-corrected chi connectivity index (χ2v) is 8.76. The lowest BCUT2D eigenvalue weighted by Gasteiger charge is -2.20. The molecule has 0 aliphatic heterocycles. The molecule has 0 bridgehead atoms. The number of aromatic nitrogens is 3. The van der Waals surface area contributed by atoms with Crippen molar-refractivity contribution in [3.63, 3.8) is 0 Å². The molecule has 8 heteroatoms. The molecule has 2 heterocycles. The van der Waals surface area contributed by atoms with Crippen molar-refractivity contribution in [2.24, 2.45) is 0 Å². The van der Waals surface area contributed by atoms with Gasteiger partial charge in [-0.25, -0.2) is 9.50 Å². The van der Waals surface area contributed by atoms with Crippen LogP contribution in [0.2, 0.25) is 0 Å². The van der Waals surface area contributed by atoms with Gasteiger partial charge in [0.2, 0.25) is 0 Å². The number of rotatable bonds is 5. The number of benzene rings is 1. The van der Waals surface area contributed by atoms with Crippen LogP contribution in [0.3, 0.4) is 0 Å². The number of carboxylic acids is 1. The SMILES string of the molecule is CCCC(C(=O)O)c1c(C)nc2cc(C(C)(C)C)nn2c1-c1ccc(C(F)(F)F)cc1. The first-order chi connectivity index (χ1) is 14.3. The Balaban J connectivity index is 2.37. The molecule has 166 valence electrons. The van der Waals surface area contributed by atoms with E-state index in [2.05, 4.69) is 10.1 Å². The van der Waals surface area contributed by atoms with Crippen molar-refractivity contribution >= 4 is 11.6 Å². The first-order valence-corrected chi connectivity index (χ1v) is 10.2. The Kier molecular flexibility index (Phi) is 5.86. The zero-order valence-electron chi connectivity index (χ0n) is 18.2. The van der Waals surface area contributed by atoms with E-state index in [1.54, 1.807) is 11.4 Å². The first kappa shape index (κ1) is 22.8. The van der Waals surface area contributed by atoms with E-state index in [1.165, 1.54) is 12.1 Å². The third kappa shape index (κ3) is 4.43. The van der Waals surface area contributed by atoms with Crippen molar-refractivity contribution in [2.75, 3.05) is 0 Å². The van der Waals surface area contributed by atoms with Crippen LogP contribution in [0, 0.1) is 6.92 Å². The van der Waals surface area contributed by atoms with Gasteiger partial charge in [0.05, 0.1) is 22.9 Å². The topological polar surface area (TPSA) is 67.5 Å². The molecule has 0 radical (unpaired) electrons. The van der Waals surface area contributed by atoms with Crippen LogP contribution in [0.25, 0.3) is 16.9 Å². The minimum Gasteiger partial charge on any atom is -0.481 e. The van der Waals surface area contributed by atoms with E-state index in [4.69, 9.17) is 0 Å². The molecule has 0 amide bonds. The van der Waals surface area contributed by atoms with Gasteiger partial charge in [0.15, 0.2) is 5.65 Å². The summed E-state index contributed by atoms with van der Waals surface area (Å²) in [6.45, 7) is 9.62. The molecule has 1 N–H and O–H groups in total. The third-order valence-corrected chi connectivity index (χ3v) is 5.31. The van der Waals surface area contributed by atoms with Gasteiger partial charge in [-0.05, 0) is 25.5 Å². The van der Waals surface area contributed by atoms with Gasteiger partial charge in [-0.1, -0.05) is 46.2 Å². The standard InChI is InChI=1S/C23H26F3N3O2/c1-6-7-16(21(30)31)19-13(2)27-18-12-17(22(3,4)5)28-29(18)20(19)14-8-10-15(11-9-14)23(24,25)26/h8-12,16H,6-7H2,1-5H3,(H,30,31). The number of hydrogen-bond donors (Lipinski definition) is 1. The van der Waals surface area contributed by atoms with Gasteiger partial charge >= 0.3 is 12.1 Å². The fourth-order valence-electron chi connectivity index (χ4n) is 3.69. The fraction of sp³-hybridized carbons (Fsp3) is 0.435. The summed E-state index contributed by atoms with van der Waals surface area (Å²) in [5, 5.41) is 14.6. The van der Waals surface area contributed by atoms with Crippen LogP contribution in [0.5, 0.6) is 0 Å². The number of aryl methyl sites for hydroxylation is 1. The number of hydrogen-bond acceptors (Lipinski definition) is 3. The number of fused-ring (bicyclic) bond motifs is 1. The fourth-order valence-corrected chi connectivity index (χ4v) is 3.69. The Morgan fingerprint density at radius 1 is 1.16 bits per heavy atom. The largest absolute Gasteiger partial charge is 0.481 e. The lowest BCUT2D eigenvalue weighted by molar-refractivity contribution is -0.139. The molecule has 5 nitrogen and oxygen atoms in total. The van der Waals surface area contributed by atoms with Gasteiger partial charge in [-0.2, -0.15) is 18.3 Å². The van der Waals surface area contributed by atoms with Gasteiger partial charge in [0, 0.05) is 28.3 Å². The van der Waals surface area contributed by atoms with E-state index in [0.717, 1.165) is 17.8 Å². The Hall–Kier alpha value is -2.90. The van der Waals surface area contributed by atoms with Crippen LogP contribution in [-0.2, 0) is 16.4 Å². The van der Waals surface area contributed by atoms with Crippen molar-refractivity contribution < 1.29 is 23.1 Å². The van der Waals surface area contributed by atoms with Crippen molar-refractivity contribution in [3.05, 3.63) is 52.8 Å². The number of aliphatic carboxylic acids is 1. The summed E-state index contributed by atoms with van der Waals surface area (Å²) >= 11 is 0. The molecule has 0 spiro atoms.